The molecule has 0 aliphatic carbocycles. The number of hydrogen-bond acceptors (Lipinski definition) is 4. The lowest BCUT2D eigenvalue weighted by Crippen LogP contribution is -2.38. The third-order valence-corrected chi connectivity index (χ3v) is 5.58. The Morgan fingerprint density at radius 2 is 2.05 bits per heavy atom. The zero-order valence-electron chi connectivity index (χ0n) is 12.1. The van der Waals surface area contributed by atoms with Gasteiger partial charge in [0.25, 0.3) is 0 Å². The molecule has 118 valence electrons. The SMILES string of the molecule is Cc1ccc(Br)cc1S(=O)(=O)NCCCN1CCOCC1. The van der Waals surface area contributed by atoms with E-state index in [4.69, 9.17) is 4.74 Å². The molecule has 0 spiro atoms. The van der Waals surface area contributed by atoms with Crippen molar-refractivity contribution >= 4 is 26.0 Å². The predicted molar refractivity (Wildman–Crippen MR) is 85.9 cm³/mol. The normalized spacial score (nSPS) is 17.0. The minimum absolute atomic E-state index is 0.336. The number of nitrogens with one attached hydrogen (secondary N) is 1. The zero-order valence-corrected chi connectivity index (χ0v) is 14.5. The molecule has 0 amide bonds. The summed E-state index contributed by atoms with van der Waals surface area (Å²) >= 11 is 3.31. The molecule has 0 radical (unpaired) electrons. The van der Waals surface area contributed by atoms with Crippen LogP contribution in [0.4, 0.5) is 0 Å². The van der Waals surface area contributed by atoms with Crippen molar-refractivity contribution in [1.29, 1.82) is 0 Å². The summed E-state index contributed by atoms with van der Waals surface area (Å²) in [5.74, 6) is 0. The Balaban J connectivity index is 1.85. The maximum atomic E-state index is 12.3. The van der Waals surface area contributed by atoms with Crippen molar-refractivity contribution in [3.8, 4) is 0 Å². The summed E-state index contributed by atoms with van der Waals surface area (Å²) in [6.07, 6.45) is 0.798. The van der Waals surface area contributed by atoms with Gasteiger partial charge in [-0.3, -0.25) is 4.90 Å². The molecule has 0 saturated carbocycles. The number of benzene rings is 1. The van der Waals surface area contributed by atoms with Crippen molar-refractivity contribution in [3.05, 3.63) is 28.2 Å². The molecule has 0 aromatic heterocycles. The highest BCUT2D eigenvalue weighted by molar-refractivity contribution is 9.10. The lowest BCUT2D eigenvalue weighted by Gasteiger charge is -2.26. The molecule has 0 atom stereocenters. The average molecular weight is 377 g/mol. The van der Waals surface area contributed by atoms with Crippen molar-refractivity contribution in [2.75, 3.05) is 39.4 Å². The third kappa shape index (κ3) is 5.03. The third-order valence-electron chi connectivity index (χ3n) is 3.49. The van der Waals surface area contributed by atoms with Crippen molar-refractivity contribution < 1.29 is 13.2 Å². The van der Waals surface area contributed by atoms with Crippen LogP contribution >= 0.6 is 15.9 Å². The molecule has 1 heterocycles. The molecule has 7 heteroatoms. The first-order valence-corrected chi connectivity index (χ1v) is 9.32. The number of ether oxygens (including phenoxy) is 1. The van der Waals surface area contributed by atoms with Crippen molar-refractivity contribution in [2.45, 2.75) is 18.2 Å². The highest BCUT2D eigenvalue weighted by Gasteiger charge is 2.17. The maximum Gasteiger partial charge on any atom is 0.240 e. The summed E-state index contributed by atoms with van der Waals surface area (Å²) in [5.41, 5.74) is 0.749. The van der Waals surface area contributed by atoms with E-state index >= 15 is 0 Å². The molecule has 1 fully saturated rings. The maximum absolute atomic E-state index is 12.3. The van der Waals surface area contributed by atoms with Crippen LogP contribution < -0.4 is 4.72 Å². The Hall–Kier alpha value is -0.470. The van der Waals surface area contributed by atoms with Crippen LogP contribution in [-0.2, 0) is 14.8 Å². The molecule has 1 N–H and O–H groups in total. The minimum atomic E-state index is -3.44. The number of sulfonamides is 1. The second-order valence-electron chi connectivity index (χ2n) is 5.12. The second-order valence-corrected chi connectivity index (χ2v) is 7.77. The fourth-order valence-electron chi connectivity index (χ4n) is 2.28. The quantitative estimate of drug-likeness (QED) is 0.768. The molecule has 1 saturated heterocycles. The summed E-state index contributed by atoms with van der Waals surface area (Å²) in [7, 11) is -3.44. The molecule has 0 bridgehead atoms. The second kappa shape index (κ2) is 7.69. The smallest absolute Gasteiger partial charge is 0.240 e. The van der Waals surface area contributed by atoms with E-state index in [9.17, 15) is 8.42 Å². The van der Waals surface area contributed by atoms with Gasteiger partial charge in [0.1, 0.15) is 0 Å². The van der Waals surface area contributed by atoms with E-state index in [1.165, 1.54) is 0 Å². The largest absolute Gasteiger partial charge is 0.379 e. The summed E-state index contributed by atoms with van der Waals surface area (Å²) in [5, 5.41) is 0. The van der Waals surface area contributed by atoms with Gasteiger partial charge in [-0.25, -0.2) is 13.1 Å². The highest BCUT2D eigenvalue weighted by Crippen LogP contribution is 2.20. The van der Waals surface area contributed by atoms with E-state index in [0.29, 0.717) is 11.4 Å². The van der Waals surface area contributed by atoms with Gasteiger partial charge in [-0.05, 0) is 37.6 Å². The standard InChI is InChI=1S/C14H21BrN2O3S/c1-12-3-4-13(15)11-14(12)21(18,19)16-5-2-6-17-7-9-20-10-8-17/h3-4,11,16H,2,5-10H2,1H3. The first-order valence-electron chi connectivity index (χ1n) is 7.05. The summed E-state index contributed by atoms with van der Waals surface area (Å²) < 4.78 is 33.3. The number of morpholine rings is 1. The highest BCUT2D eigenvalue weighted by atomic mass is 79.9. The molecular formula is C14H21BrN2O3S. The molecule has 21 heavy (non-hydrogen) atoms. The van der Waals surface area contributed by atoms with Crippen LogP contribution in [0.2, 0.25) is 0 Å². The zero-order chi connectivity index (χ0) is 15.3. The van der Waals surface area contributed by atoms with Crippen molar-refractivity contribution in [1.82, 2.24) is 9.62 Å². The fraction of sp³-hybridized carbons (Fsp3) is 0.571. The summed E-state index contributed by atoms with van der Waals surface area (Å²) in [4.78, 5) is 2.63. The van der Waals surface area contributed by atoms with E-state index in [0.717, 1.165) is 49.3 Å². The van der Waals surface area contributed by atoms with Crippen LogP contribution in [0.15, 0.2) is 27.6 Å². The number of halogens is 1. The number of aryl methyl sites for hydroxylation is 1. The molecule has 1 aromatic rings. The van der Waals surface area contributed by atoms with Gasteiger partial charge in [-0.1, -0.05) is 22.0 Å². The average Bonchev–Trinajstić information content (AvgIpc) is 2.47. The Morgan fingerprint density at radius 3 is 2.76 bits per heavy atom. The van der Waals surface area contributed by atoms with Gasteiger partial charge >= 0.3 is 0 Å². The van der Waals surface area contributed by atoms with E-state index in [2.05, 4.69) is 25.6 Å². The van der Waals surface area contributed by atoms with Gasteiger partial charge in [0.05, 0.1) is 18.1 Å². The monoisotopic (exact) mass is 376 g/mol. The molecule has 1 aliphatic heterocycles. The van der Waals surface area contributed by atoms with Gasteiger partial charge in [0.2, 0.25) is 10.0 Å². The topological polar surface area (TPSA) is 58.6 Å². The van der Waals surface area contributed by atoms with Crippen LogP contribution in [0.1, 0.15) is 12.0 Å². The van der Waals surface area contributed by atoms with Gasteiger partial charge in [-0.2, -0.15) is 0 Å². The van der Waals surface area contributed by atoms with Crippen LogP contribution in [0, 0.1) is 6.92 Å². The van der Waals surface area contributed by atoms with E-state index in [1.54, 1.807) is 19.1 Å². The molecule has 5 nitrogen and oxygen atoms in total. The first-order chi connectivity index (χ1) is 9.99. The lowest BCUT2D eigenvalue weighted by atomic mass is 10.2. The fourth-order valence-corrected chi connectivity index (χ4v) is 4.13. The van der Waals surface area contributed by atoms with Crippen molar-refractivity contribution in [3.63, 3.8) is 0 Å². The molecular weight excluding hydrogens is 356 g/mol. The summed E-state index contributed by atoms with van der Waals surface area (Å²) in [6.45, 7) is 6.53. The van der Waals surface area contributed by atoms with Gasteiger partial charge in [0, 0.05) is 24.1 Å². The first kappa shape index (κ1) is 16.9. The number of nitrogens with zero attached hydrogens (tertiary/aromatic N) is 1. The number of rotatable bonds is 6. The Labute approximate surface area is 134 Å². The van der Waals surface area contributed by atoms with E-state index in [-0.39, 0.29) is 0 Å². The van der Waals surface area contributed by atoms with Crippen LogP contribution in [0.3, 0.4) is 0 Å². The van der Waals surface area contributed by atoms with Crippen molar-refractivity contribution in [2.24, 2.45) is 0 Å². The van der Waals surface area contributed by atoms with E-state index < -0.39 is 10.0 Å². The number of hydrogen-bond donors (Lipinski definition) is 1. The van der Waals surface area contributed by atoms with Crippen LogP contribution in [0.5, 0.6) is 0 Å². The van der Waals surface area contributed by atoms with Gasteiger partial charge < -0.3 is 4.74 Å². The molecule has 2 rings (SSSR count). The van der Waals surface area contributed by atoms with E-state index in [1.807, 2.05) is 6.07 Å². The Morgan fingerprint density at radius 1 is 1.33 bits per heavy atom. The lowest BCUT2D eigenvalue weighted by molar-refractivity contribution is 0.0376. The minimum Gasteiger partial charge on any atom is -0.379 e. The molecule has 0 unspecified atom stereocenters. The van der Waals surface area contributed by atoms with Crippen LogP contribution in [-0.4, -0.2) is 52.7 Å². The van der Waals surface area contributed by atoms with Gasteiger partial charge in [0.15, 0.2) is 0 Å². The predicted octanol–water partition coefficient (Wildman–Crippen LogP) is 1.76. The Kier molecular flexibility index (Phi) is 6.19. The van der Waals surface area contributed by atoms with Gasteiger partial charge in [-0.15, -0.1) is 0 Å². The molecule has 1 aliphatic rings. The summed E-state index contributed by atoms with van der Waals surface area (Å²) in [6, 6.07) is 5.28. The Bertz CT molecular complexity index is 572. The van der Waals surface area contributed by atoms with Crippen LogP contribution in [0.25, 0.3) is 0 Å². The molecule has 1 aromatic carbocycles.